The molecular formula is C24H22FNO4. The van der Waals surface area contributed by atoms with Crippen LogP contribution in [-0.2, 0) is 22.7 Å². The third kappa shape index (κ3) is 5.91. The first-order valence-corrected chi connectivity index (χ1v) is 9.52. The number of rotatable bonds is 8. The SMILES string of the molecule is C[C@@H](OC(=O)c1ccccc1COc1ccccc1)C(=O)NCc1ccc(F)cc1. The van der Waals surface area contributed by atoms with Gasteiger partial charge in [0.1, 0.15) is 18.2 Å². The number of para-hydroxylation sites is 1. The molecular weight excluding hydrogens is 385 g/mol. The van der Waals surface area contributed by atoms with Crippen molar-refractivity contribution in [1.82, 2.24) is 5.32 Å². The second-order valence-corrected chi connectivity index (χ2v) is 6.65. The molecule has 154 valence electrons. The number of ether oxygens (including phenoxy) is 2. The maximum absolute atomic E-state index is 12.9. The molecule has 0 radical (unpaired) electrons. The minimum atomic E-state index is -0.985. The van der Waals surface area contributed by atoms with Gasteiger partial charge < -0.3 is 14.8 Å². The van der Waals surface area contributed by atoms with E-state index in [1.54, 1.807) is 36.4 Å². The number of amides is 1. The summed E-state index contributed by atoms with van der Waals surface area (Å²) in [6.45, 7) is 1.91. The Kier molecular flexibility index (Phi) is 7.16. The average Bonchev–Trinajstić information content (AvgIpc) is 2.78. The van der Waals surface area contributed by atoms with E-state index in [1.165, 1.54) is 19.1 Å². The fourth-order valence-electron chi connectivity index (χ4n) is 2.74. The molecule has 0 fully saturated rings. The van der Waals surface area contributed by atoms with Gasteiger partial charge in [-0.1, -0.05) is 48.5 Å². The van der Waals surface area contributed by atoms with Gasteiger partial charge in [-0.05, 0) is 42.8 Å². The van der Waals surface area contributed by atoms with E-state index in [9.17, 15) is 14.0 Å². The van der Waals surface area contributed by atoms with Gasteiger partial charge in [-0.25, -0.2) is 9.18 Å². The molecule has 1 amide bonds. The molecule has 1 atom stereocenters. The first-order valence-electron chi connectivity index (χ1n) is 9.52. The van der Waals surface area contributed by atoms with Crippen molar-refractivity contribution < 1.29 is 23.5 Å². The van der Waals surface area contributed by atoms with Gasteiger partial charge in [-0.3, -0.25) is 4.79 Å². The highest BCUT2D eigenvalue weighted by Gasteiger charge is 2.20. The van der Waals surface area contributed by atoms with Crippen LogP contribution in [0.2, 0.25) is 0 Å². The Morgan fingerprint density at radius 1 is 0.933 bits per heavy atom. The highest BCUT2D eigenvalue weighted by molar-refractivity contribution is 5.93. The monoisotopic (exact) mass is 407 g/mol. The van der Waals surface area contributed by atoms with Crippen molar-refractivity contribution >= 4 is 11.9 Å². The third-order valence-electron chi connectivity index (χ3n) is 4.41. The molecule has 0 unspecified atom stereocenters. The zero-order valence-corrected chi connectivity index (χ0v) is 16.5. The van der Waals surface area contributed by atoms with E-state index in [-0.39, 0.29) is 19.0 Å². The smallest absolute Gasteiger partial charge is 0.339 e. The van der Waals surface area contributed by atoms with Crippen molar-refractivity contribution in [3.8, 4) is 5.75 Å². The van der Waals surface area contributed by atoms with Gasteiger partial charge >= 0.3 is 5.97 Å². The molecule has 0 saturated carbocycles. The second kappa shape index (κ2) is 10.2. The quantitative estimate of drug-likeness (QED) is 0.567. The summed E-state index contributed by atoms with van der Waals surface area (Å²) in [5.74, 6) is -0.700. The molecule has 0 spiro atoms. The van der Waals surface area contributed by atoms with Crippen LogP contribution in [0, 0.1) is 5.82 Å². The molecule has 3 aromatic carbocycles. The first-order chi connectivity index (χ1) is 14.5. The van der Waals surface area contributed by atoms with Crippen molar-refractivity contribution in [3.63, 3.8) is 0 Å². The van der Waals surface area contributed by atoms with Gasteiger partial charge in [0.2, 0.25) is 0 Å². The lowest BCUT2D eigenvalue weighted by Crippen LogP contribution is -2.35. The van der Waals surface area contributed by atoms with Gasteiger partial charge in [-0.2, -0.15) is 0 Å². The standard InChI is InChI=1S/C24H22FNO4/c1-17(23(27)26-15-18-11-13-20(25)14-12-18)30-24(28)22-10-6-5-7-19(22)16-29-21-8-3-2-4-9-21/h2-14,17H,15-16H2,1H3,(H,26,27)/t17-/m1/s1. The summed E-state index contributed by atoms with van der Waals surface area (Å²) in [6, 6.07) is 22.0. The van der Waals surface area contributed by atoms with Crippen LogP contribution in [0.5, 0.6) is 5.75 Å². The summed E-state index contributed by atoms with van der Waals surface area (Å²) in [6.07, 6.45) is -0.985. The van der Waals surface area contributed by atoms with Gasteiger partial charge in [0.15, 0.2) is 6.10 Å². The number of carbonyl (C=O) groups excluding carboxylic acids is 2. The van der Waals surface area contributed by atoms with E-state index in [4.69, 9.17) is 9.47 Å². The van der Waals surface area contributed by atoms with E-state index in [0.29, 0.717) is 16.9 Å². The van der Waals surface area contributed by atoms with Gasteiger partial charge in [0, 0.05) is 12.1 Å². The Morgan fingerprint density at radius 3 is 2.33 bits per heavy atom. The van der Waals surface area contributed by atoms with Crippen molar-refractivity contribution in [2.24, 2.45) is 0 Å². The number of carbonyl (C=O) groups is 2. The maximum Gasteiger partial charge on any atom is 0.339 e. The van der Waals surface area contributed by atoms with Crippen molar-refractivity contribution in [2.45, 2.75) is 26.2 Å². The van der Waals surface area contributed by atoms with Crippen molar-refractivity contribution in [1.29, 1.82) is 0 Å². The van der Waals surface area contributed by atoms with Gasteiger partial charge in [0.05, 0.1) is 5.56 Å². The molecule has 0 heterocycles. The number of hydrogen-bond acceptors (Lipinski definition) is 4. The molecule has 0 bridgehead atoms. The normalized spacial score (nSPS) is 11.4. The Labute approximate surface area is 174 Å². The lowest BCUT2D eigenvalue weighted by molar-refractivity contribution is -0.129. The molecule has 1 N–H and O–H groups in total. The van der Waals surface area contributed by atoms with Crippen LogP contribution in [0.1, 0.15) is 28.4 Å². The largest absolute Gasteiger partial charge is 0.489 e. The molecule has 0 saturated heterocycles. The first kappa shape index (κ1) is 21.0. The summed E-state index contributed by atoms with van der Waals surface area (Å²) >= 11 is 0. The Morgan fingerprint density at radius 2 is 1.60 bits per heavy atom. The molecule has 3 rings (SSSR count). The van der Waals surface area contributed by atoms with Crippen LogP contribution in [0.3, 0.4) is 0 Å². The summed E-state index contributed by atoms with van der Waals surface area (Å²) in [7, 11) is 0. The zero-order chi connectivity index (χ0) is 21.3. The average molecular weight is 407 g/mol. The summed E-state index contributed by atoms with van der Waals surface area (Å²) < 4.78 is 24.0. The van der Waals surface area contributed by atoms with Crippen LogP contribution in [0.25, 0.3) is 0 Å². The number of esters is 1. The number of hydrogen-bond donors (Lipinski definition) is 1. The van der Waals surface area contributed by atoms with Gasteiger partial charge in [-0.15, -0.1) is 0 Å². The molecule has 6 heteroatoms. The third-order valence-corrected chi connectivity index (χ3v) is 4.41. The van der Waals surface area contributed by atoms with E-state index in [1.807, 2.05) is 30.3 Å². The van der Waals surface area contributed by atoms with Crippen molar-refractivity contribution in [2.75, 3.05) is 0 Å². The summed E-state index contributed by atoms with van der Waals surface area (Å²) in [5.41, 5.74) is 1.74. The van der Waals surface area contributed by atoms with E-state index >= 15 is 0 Å². The van der Waals surface area contributed by atoms with E-state index < -0.39 is 18.0 Å². The van der Waals surface area contributed by atoms with Crippen LogP contribution in [0.15, 0.2) is 78.9 Å². The molecule has 0 aliphatic rings. The predicted octanol–water partition coefficient (Wildman–Crippen LogP) is 4.27. The Bertz CT molecular complexity index is 990. The molecule has 0 aliphatic heterocycles. The number of benzene rings is 3. The Hall–Kier alpha value is -3.67. The number of nitrogens with one attached hydrogen (secondary N) is 1. The molecule has 5 nitrogen and oxygen atoms in total. The molecule has 30 heavy (non-hydrogen) atoms. The maximum atomic E-state index is 12.9. The fraction of sp³-hybridized carbons (Fsp3) is 0.167. The van der Waals surface area contributed by atoms with E-state index in [2.05, 4.69) is 5.32 Å². The second-order valence-electron chi connectivity index (χ2n) is 6.65. The minimum Gasteiger partial charge on any atom is -0.489 e. The molecule has 0 aliphatic carbocycles. The van der Waals surface area contributed by atoms with Crippen molar-refractivity contribution in [3.05, 3.63) is 101 Å². The summed E-state index contributed by atoms with van der Waals surface area (Å²) in [4.78, 5) is 24.9. The molecule has 0 aromatic heterocycles. The fourth-order valence-corrected chi connectivity index (χ4v) is 2.74. The predicted molar refractivity (Wildman–Crippen MR) is 110 cm³/mol. The number of halogens is 1. The molecule has 3 aromatic rings. The van der Waals surface area contributed by atoms with Crippen LogP contribution in [-0.4, -0.2) is 18.0 Å². The highest BCUT2D eigenvalue weighted by Crippen LogP contribution is 2.16. The van der Waals surface area contributed by atoms with Gasteiger partial charge in [0.25, 0.3) is 5.91 Å². The zero-order valence-electron chi connectivity index (χ0n) is 16.5. The lowest BCUT2D eigenvalue weighted by Gasteiger charge is -2.15. The van der Waals surface area contributed by atoms with E-state index in [0.717, 1.165) is 5.56 Å². The highest BCUT2D eigenvalue weighted by atomic mass is 19.1. The van der Waals surface area contributed by atoms with Crippen LogP contribution < -0.4 is 10.1 Å². The van der Waals surface area contributed by atoms with Crippen LogP contribution >= 0.6 is 0 Å². The summed E-state index contributed by atoms with van der Waals surface area (Å²) in [5, 5.41) is 2.67. The minimum absolute atomic E-state index is 0.195. The lowest BCUT2D eigenvalue weighted by atomic mass is 10.1. The van der Waals surface area contributed by atoms with Crippen LogP contribution in [0.4, 0.5) is 4.39 Å². The Balaban J connectivity index is 1.56. The topological polar surface area (TPSA) is 64.6 Å².